The highest BCUT2D eigenvalue weighted by Gasteiger charge is 2.29. The molecule has 1 fully saturated rings. The number of likely N-dealkylation sites (tertiary alicyclic amines) is 1. The second kappa shape index (κ2) is 8.65. The molecule has 3 rings (SSSR count). The third-order valence-corrected chi connectivity index (χ3v) is 5.59. The third kappa shape index (κ3) is 5.04. The van der Waals surface area contributed by atoms with Crippen molar-refractivity contribution in [2.24, 2.45) is 0 Å². The number of hydrogen-bond donors (Lipinski definition) is 1. The van der Waals surface area contributed by atoms with Crippen LogP contribution in [0.5, 0.6) is 5.75 Å². The number of rotatable bonds is 7. The number of ether oxygens (including phenoxy) is 1. The lowest BCUT2D eigenvalue weighted by Crippen LogP contribution is -2.38. The summed E-state index contributed by atoms with van der Waals surface area (Å²) in [7, 11) is -1.75. The van der Waals surface area contributed by atoms with E-state index in [1.807, 2.05) is 35.2 Å². The van der Waals surface area contributed by atoms with Crippen LogP contribution in [0.2, 0.25) is 0 Å². The maximum atomic E-state index is 13.0. The number of amides is 1. The largest absolute Gasteiger partial charge is 0.496 e. The first kappa shape index (κ1) is 20.2. The van der Waals surface area contributed by atoms with Crippen molar-refractivity contribution in [3.8, 4) is 5.75 Å². The Balaban J connectivity index is 1.74. The Hall–Kier alpha value is -2.54. The number of carbonyl (C=O) groups is 1. The second-order valence-electron chi connectivity index (χ2n) is 7.11. The molecule has 1 aliphatic rings. The molecule has 28 heavy (non-hydrogen) atoms. The summed E-state index contributed by atoms with van der Waals surface area (Å²) in [5, 5.41) is 0. The fourth-order valence-electron chi connectivity index (χ4n) is 3.74. The van der Waals surface area contributed by atoms with Gasteiger partial charge in [0.2, 0.25) is 15.9 Å². The van der Waals surface area contributed by atoms with E-state index < -0.39 is 10.0 Å². The molecule has 0 aliphatic carbocycles. The van der Waals surface area contributed by atoms with Gasteiger partial charge in [0.1, 0.15) is 5.75 Å². The number of sulfonamides is 1. The molecule has 1 heterocycles. The van der Waals surface area contributed by atoms with Gasteiger partial charge in [-0.3, -0.25) is 9.52 Å². The molecule has 150 valence electrons. The van der Waals surface area contributed by atoms with Gasteiger partial charge >= 0.3 is 0 Å². The molecule has 0 spiro atoms. The number of nitrogens with zero attached hydrogens (tertiary/aromatic N) is 1. The van der Waals surface area contributed by atoms with Gasteiger partial charge in [0.25, 0.3) is 0 Å². The molecule has 0 bridgehead atoms. The van der Waals surface area contributed by atoms with Gasteiger partial charge in [-0.15, -0.1) is 0 Å². The molecule has 1 unspecified atom stereocenters. The number of carbonyl (C=O) groups excluding carboxylic acids is 1. The minimum Gasteiger partial charge on any atom is -0.496 e. The molecule has 0 saturated carbocycles. The van der Waals surface area contributed by atoms with Gasteiger partial charge in [0.05, 0.1) is 25.5 Å². The lowest BCUT2D eigenvalue weighted by molar-refractivity contribution is -0.131. The maximum absolute atomic E-state index is 13.0. The van der Waals surface area contributed by atoms with E-state index in [0.29, 0.717) is 11.3 Å². The van der Waals surface area contributed by atoms with Crippen LogP contribution in [0.25, 0.3) is 0 Å². The highest BCUT2D eigenvalue weighted by atomic mass is 32.2. The fourth-order valence-corrected chi connectivity index (χ4v) is 4.34. The molecular weight excluding hydrogens is 376 g/mol. The van der Waals surface area contributed by atoms with Crippen LogP contribution in [0.4, 0.5) is 5.69 Å². The summed E-state index contributed by atoms with van der Waals surface area (Å²) in [5.74, 6) is 0.852. The molecule has 1 amide bonds. The Kier molecular flexibility index (Phi) is 6.24. The summed E-state index contributed by atoms with van der Waals surface area (Å²) in [5.41, 5.74) is 2.23. The quantitative estimate of drug-likeness (QED) is 0.773. The van der Waals surface area contributed by atoms with Gasteiger partial charge in [-0.2, -0.15) is 0 Å². The molecule has 1 atom stereocenters. The predicted molar refractivity (Wildman–Crippen MR) is 110 cm³/mol. The summed E-state index contributed by atoms with van der Waals surface area (Å²) in [6.07, 6.45) is 3.94. The SMILES string of the molecule is COc1ccccc1CC1CCCN1C(=O)Cc1ccccc1NS(C)(=O)=O. The van der Waals surface area contributed by atoms with Crippen LogP contribution in [0.15, 0.2) is 48.5 Å². The highest BCUT2D eigenvalue weighted by molar-refractivity contribution is 7.92. The van der Waals surface area contributed by atoms with Crippen molar-refractivity contribution >= 4 is 21.6 Å². The van der Waals surface area contributed by atoms with E-state index in [-0.39, 0.29) is 18.4 Å². The minimum absolute atomic E-state index is 0.0140. The lowest BCUT2D eigenvalue weighted by atomic mass is 10.0. The molecule has 1 saturated heterocycles. The monoisotopic (exact) mass is 402 g/mol. The zero-order valence-corrected chi connectivity index (χ0v) is 17.0. The molecule has 2 aromatic rings. The number of benzene rings is 2. The van der Waals surface area contributed by atoms with Crippen LogP contribution in [0.1, 0.15) is 24.0 Å². The van der Waals surface area contributed by atoms with Crippen molar-refractivity contribution in [2.75, 3.05) is 24.6 Å². The van der Waals surface area contributed by atoms with Crippen molar-refractivity contribution in [3.63, 3.8) is 0 Å². The number of hydrogen-bond acceptors (Lipinski definition) is 4. The number of nitrogens with one attached hydrogen (secondary N) is 1. The normalized spacial score (nSPS) is 16.8. The van der Waals surface area contributed by atoms with E-state index in [1.165, 1.54) is 0 Å². The number of anilines is 1. The van der Waals surface area contributed by atoms with E-state index in [1.54, 1.807) is 25.3 Å². The number of methoxy groups -OCH3 is 1. The van der Waals surface area contributed by atoms with E-state index in [4.69, 9.17) is 4.74 Å². The summed E-state index contributed by atoms with van der Waals surface area (Å²) in [6, 6.07) is 15.0. The van der Waals surface area contributed by atoms with Gasteiger partial charge < -0.3 is 9.64 Å². The van der Waals surface area contributed by atoms with E-state index >= 15 is 0 Å². The zero-order chi connectivity index (χ0) is 20.1. The summed E-state index contributed by atoms with van der Waals surface area (Å²) in [6.45, 7) is 0.723. The number of para-hydroxylation sites is 2. The Morgan fingerprint density at radius 3 is 2.54 bits per heavy atom. The maximum Gasteiger partial charge on any atom is 0.229 e. The van der Waals surface area contributed by atoms with Crippen LogP contribution in [-0.2, 0) is 27.7 Å². The molecule has 1 N–H and O–H groups in total. The molecule has 1 aliphatic heterocycles. The van der Waals surface area contributed by atoms with E-state index in [9.17, 15) is 13.2 Å². The predicted octanol–water partition coefficient (Wildman–Crippen LogP) is 2.84. The van der Waals surface area contributed by atoms with E-state index in [0.717, 1.165) is 43.4 Å². The van der Waals surface area contributed by atoms with Crippen molar-refractivity contribution in [1.82, 2.24) is 4.90 Å². The van der Waals surface area contributed by atoms with Crippen LogP contribution in [-0.4, -0.2) is 45.2 Å². The molecule has 0 radical (unpaired) electrons. The van der Waals surface area contributed by atoms with Crippen molar-refractivity contribution < 1.29 is 17.9 Å². The Morgan fingerprint density at radius 1 is 1.14 bits per heavy atom. The molecule has 7 heteroatoms. The topological polar surface area (TPSA) is 75.7 Å². The smallest absolute Gasteiger partial charge is 0.229 e. The first-order chi connectivity index (χ1) is 13.4. The van der Waals surface area contributed by atoms with Gasteiger partial charge in [-0.05, 0) is 42.5 Å². The van der Waals surface area contributed by atoms with Gasteiger partial charge in [0, 0.05) is 12.6 Å². The van der Waals surface area contributed by atoms with Crippen molar-refractivity contribution in [3.05, 3.63) is 59.7 Å². The second-order valence-corrected chi connectivity index (χ2v) is 8.86. The summed E-state index contributed by atoms with van der Waals surface area (Å²) in [4.78, 5) is 14.9. The first-order valence-corrected chi connectivity index (χ1v) is 11.2. The van der Waals surface area contributed by atoms with Gasteiger partial charge in [-0.25, -0.2) is 8.42 Å². The Labute approximate surface area is 166 Å². The average Bonchev–Trinajstić information content (AvgIpc) is 3.11. The molecule has 2 aromatic carbocycles. The van der Waals surface area contributed by atoms with Crippen molar-refractivity contribution in [1.29, 1.82) is 0 Å². The van der Waals surface area contributed by atoms with Gasteiger partial charge in [-0.1, -0.05) is 36.4 Å². The van der Waals surface area contributed by atoms with Crippen LogP contribution in [0.3, 0.4) is 0 Å². The molecule has 6 nitrogen and oxygen atoms in total. The van der Waals surface area contributed by atoms with Crippen LogP contribution < -0.4 is 9.46 Å². The first-order valence-electron chi connectivity index (χ1n) is 9.34. The van der Waals surface area contributed by atoms with Gasteiger partial charge in [0.15, 0.2) is 0 Å². The third-order valence-electron chi connectivity index (χ3n) is 5.00. The van der Waals surface area contributed by atoms with E-state index in [2.05, 4.69) is 4.72 Å². The van der Waals surface area contributed by atoms with Crippen molar-refractivity contribution in [2.45, 2.75) is 31.7 Å². The lowest BCUT2D eigenvalue weighted by Gasteiger charge is -2.26. The molecule has 0 aromatic heterocycles. The Morgan fingerprint density at radius 2 is 1.82 bits per heavy atom. The van der Waals surface area contributed by atoms with Crippen LogP contribution in [0, 0.1) is 0 Å². The highest BCUT2D eigenvalue weighted by Crippen LogP contribution is 2.27. The standard InChI is InChI=1S/C21H26N2O4S/c1-27-20-12-6-4-9-17(20)14-18-10-7-13-23(18)21(24)15-16-8-3-5-11-19(16)22-28(2,25)26/h3-6,8-9,11-12,18,22H,7,10,13-15H2,1-2H3. The minimum atomic E-state index is -3.40. The van der Waals surface area contributed by atoms with Crippen LogP contribution >= 0.6 is 0 Å². The zero-order valence-electron chi connectivity index (χ0n) is 16.2. The summed E-state index contributed by atoms with van der Waals surface area (Å²) >= 11 is 0. The molecular formula is C21H26N2O4S. The fraction of sp³-hybridized carbons (Fsp3) is 0.381. The Bertz CT molecular complexity index is 943. The summed E-state index contributed by atoms with van der Waals surface area (Å²) < 4.78 is 31.1. The average molecular weight is 403 g/mol.